The quantitative estimate of drug-likeness (QED) is 0.0303. The van der Waals surface area contributed by atoms with Gasteiger partial charge in [-0.25, -0.2) is 0 Å². The molecule has 0 radical (unpaired) electrons. The monoisotopic (exact) mass is 666 g/mol. The highest BCUT2D eigenvalue weighted by Crippen LogP contribution is 2.12. The summed E-state index contributed by atoms with van der Waals surface area (Å²) >= 11 is 0. The van der Waals surface area contributed by atoms with Crippen molar-refractivity contribution in [1.29, 1.82) is 0 Å². The maximum atomic E-state index is 12.5. The van der Waals surface area contributed by atoms with E-state index in [-0.39, 0.29) is 49.1 Å². The number of carboxylic acid groups (broad SMARTS) is 1. The summed E-state index contributed by atoms with van der Waals surface area (Å²) in [5.74, 6) is -1.80. The van der Waals surface area contributed by atoms with Gasteiger partial charge in [0.1, 0.15) is 12.6 Å². The molecule has 0 fully saturated rings. The summed E-state index contributed by atoms with van der Waals surface area (Å²) in [6.07, 6.45) is 30.7. The van der Waals surface area contributed by atoms with Gasteiger partial charge in [-0.2, -0.15) is 0 Å². The maximum Gasteiger partial charge on any atom is 0.306 e. The van der Waals surface area contributed by atoms with Crippen LogP contribution in [0.5, 0.6) is 0 Å². The number of aliphatic carboxylic acids is 1. The number of nitrogens with zero attached hydrogens (tertiary/aromatic N) is 1. The van der Waals surface area contributed by atoms with E-state index in [1.165, 1.54) is 70.6 Å². The molecular weight excluding hydrogens is 594 g/mol. The lowest BCUT2D eigenvalue weighted by molar-refractivity contribution is -0.889. The highest BCUT2D eigenvalue weighted by Gasteiger charge is 2.25. The van der Waals surface area contributed by atoms with E-state index >= 15 is 0 Å². The molecule has 274 valence electrons. The second-order valence-electron chi connectivity index (χ2n) is 13.8. The molecule has 0 aliphatic heterocycles. The molecule has 2 atom stereocenters. The third-order valence-corrected chi connectivity index (χ3v) is 8.31. The number of hydrogen-bond acceptors (Lipinski definition) is 7. The number of ether oxygens (including phenoxy) is 3. The number of carboxylic acids is 1. The number of unbranched alkanes of at least 4 members (excludes halogenated alkanes) is 15. The maximum absolute atomic E-state index is 12.5. The third-order valence-electron chi connectivity index (χ3n) is 8.31. The van der Waals surface area contributed by atoms with Crippen molar-refractivity contribution >= 4 is 17.9 Å². The van der Waals surface area contributed by atoms with Crippen molar-refractivity contribution in [2.75, 3.05) is 41.0 Å². The summed E-state index contributed by atoms with van der Waals surface area (Å²) in [4.78, 5) is 36.5. The van der Waals surface area contributed by atoms with Gasteiger partial charge in [-0.05, 0) is 57.8 Å². The molecular formula is C39H71NO7. The number of carbonyl (C=O) groups excluding carboxylic acids is 3. The van der Waals surface area contributed by atoms with E-state index in [0.717, 1.165) is 44.9 Å². The van der Waals surface area contributed by atoms with Gasteiger partial charge in [0, 0.05) is 19.3 Å². The number of likely N-dealkylation sites (N-methyl/N-ethyl adjacent to an activating group) is 1. The summed E-state index contributed by atoms with van der Waals surface area (Å²) in [5, 5.41) is 11.5. The van der Waals surface area contributed by atoms with Gasteiger partial charge >= 0.3 is 11.9 Å². The van der Waals surface area contributed by atoms with E-state index in [0.29, 0.717) is 12.8 Å². The highest BCUT2D eigenvalue weighted by molar-refractivity contribution is 5.70. The Labute approximate surface area is 288 Å². The minimum absolute atomic E-state index is 0.0266. The minimum atomic E-state index is -1.13. The van der Waals surface area contributed by atoms with E-state index in [4.69, 9.17) is 14.2 Å². The van der Waals surface area contributed by atoms with Gasteiger partial charge in [0.15, 0.2) is 6.10 Å². The largest absolute Gasteiger partial charge is 0.544 e. The van der Waals surface area contributed by atoms with E-state index in [1.807, 2.05) is 0 Å². The average Bonchev–Trinajstić information content (AvgIpc) is 3.01. The van der Waals surface area contributed by atoms with E-state index in [2.05, 4.69) is 38.2 Å². The molecule has 8 heteroatoms. The van der Waals surface area contributed by atoms with Gasteiger partial charge in [0.2, 0.25) is 0 Å². The topological polar surface area (TPSA) is 102 Å². The molecule has 47 heavy (non-hydrogen) atoms. The van der Waals surface area contributed by atoms with E-state index in [9.17, 15) is 19.5 Å². The van der Waals surface area contributed by atoms with Crippen molar-refractivity contribution in [2.24, 2.45) is 0 Å². The van der Waals surface area contributed by atoms with Crippen LogP contribution in [0.2, 0.25) is 0 Å². The van der Waals surface area contributed by atoms with Crippen molar-refractivity contribution in [3.05, 3.63) is 24.3 Å². The number of esters is 2. The first kappa shape index (κ1) is 44.8. The minimum Gasteiger partial charge on any atom is -0.544 e. The van der Waals surface area contributed by atoms with Crippen LogP contribution < -0.4 is 5.11 Å². The summed E-state index contributed by atoms with van der Waals surface area (Å²) in [6, 6.07) is -0.728. The third kappa shape index (κ3) is 29.7. The summed E-state index contributed by atoms with van der Waals surface area (Å²) < 4.78 is 17.0. The molecule has 8 nitrogen and oxygen atoms in total. The SMILES string of the molecule is CCCCCC/C=C/CCCC(=O)OC(COCCC(C(=O)[O-])[N+](C)(C)C)COC(=O)CCCCC/C=C/CCCCCCCCC. The molecule has 0 rings (SSSR count). The first-order chi connectivity index (χ1) is 22.6. The summed E-state index contributed by atoms with van der Waals surface area (Å²) in [7, 11) is 5.38. The molecule has 0 bridgehead atoms. The molecule has 0 aromatic carbocycles. The fraction of sp³-hybridized carbons (Fsp3) is 0.821. The zero-order valence-electron chi connectivity index (χ0n) is 30.9. The molecule has 0 heterocycles. The zero-order chi connectivity index (χ0) is 35.0. The Bertz CT molecular complexity index is 834. The predicted octanol–water partition coefficient (Wildman–Crippen LogP) is 8.02. The van der Waals surface area contributed by atoms with Crippen LogP contribution in [0.3, 0.4) is 0 Å². The molecule has 2 unspecified atom stereocenters. The Kier molecular flexibility index (Phi) is 29.7. The standard InChI is InChI=1S/C39H71NO7/c1-6-8-10-12-14-16-17-18-19-20-22-23-25-27-29-37(41)46-34-35(33-45-32-31-36(39(43)44)40(3,4)5)47-38(42)30-28-26-24-21-15-13-11-9-7-2/h19-21,24,35-36H,6-18,22-23,25-34H2,1-5H3/b20-19+,24-21+. The molecule has 0 amide bonds. The van der Waals surface area contributed by atoms with Crippen molar-refractivity contribution in [3.63, 3.8) is 0 Å². The Morgan fingerprint density at radius 3 is 1.62 bits per heavy atom. The van der Waals surface area contributed by atoms with Crippen molar-refractivity contribution in [3.8, 4) is 0 Å². The first-order valence-electron chi connectivity index (χ1n) is 18.9. The van der Waals surface area contributed by atoms with Crippen molar-refractivity contribution < 1.29 is 38.2 Å². The van der Waals surface area contributed by atoms with E-state index in [1.54, 1.807) is 21.1 Å². The second-order valence-corrected chi connectivity index (χ2v) is 13.8. The number of carbonyl (C=O) groups is 3. The smallest absolute Gasteiger partial charge is 0.306 e. The molecule has 0 aliphatic carbocycles. The Morgan fingerprint density at radius 1 is 0.617 bits per heavy atom. The fourth-order valence-corrected chi connectivity index (χ4v) is 5.30. The van der Waals surface area contributed by atoms with Crippen LogP contribution in [0.25, 0.3) is 0 Å². The van der Waals surface area contributed by atoms with E-state index < -0.39 is 18.1 Å². The molecule has 0 N–H and O–H groups in total. The van der Waals surface area contributed by atoms with Crippen LogP contribution in [-0.4, -0.2) is 75.5 Å². The van der Waals surface area contributed by atoms with Crippen molar-refractivity contribution in [2.45, 2.75) is 167 Å². The molecule has 0 aliphatic rings. The predicted molar refractivity (Wildman–Crippen MR) is 190 cm³/mol. The Morgan fingerprint density at radius 2 is 1.09 bits per heavy atom. The van der Waals surface area contributed by atoms with Gasteiger partial charge < -0.3 is 28.6 Å². The van der Waals surface area contributed by atoms with Crippen LogP contribution in [0.4, 0.5) is 0 Å². The normalized spacial score (nSPS) is 13.3. The van der Waals surface area contributed by atoms with Gasteiger partial charge in [-0.3, -0.25) is 9.59 Å². The lowest BCUT2D eigenvalue weighted by Gasteiger charge is -2.34. The first-order valence-corrected chi connectivity index (χ1v) is 18.9. The van der Waals surface area contributed by atoms with Crippen LogP contribution in [0, 0.1) is 0 Å². The Hall–Kier alpha value is -2.19. The average molecular weight is 666 g/mol. The fourth-order valence-electron chi connectivity index (χ4n) is 5.30. The molecule has 0 saturated carbocycles. The Balaban J connectivity index is 4.45. The highest BCUT2D eigenvalue weighted by atomic mass is 16.6. The summed E-state index contributed by atoms with van der Waals surface area (Å²) in [5.41, 5.74) is 0. The van der Waals surface area contributed by atoms with Gasteiger partial charge in [0.05, 0.1) is 40.3 Å². The molecule has 0 aromatic heterocycles. The molecule has 0 aromatic rings. The van der Waals surface area contributed by atoms with Gasteiger partial charge in [-0.1, -0.05) is 102 Å². The number of quaternary nitrogens is 1. The van der Waals surface area contributed by atoms with Crippen LogP contribution in [0.1, 0.15) is 155 Å². The summed E-state index contributed by atoms with van der Waals surface area (Å²) in [6.45, 7) is 4.56. The van der Waals surface area contributed by atoms with Crippen LogP contribution in [-0.2, 0) is 28.6 Å². The van der Waals surface area contributed by atoms with Crippen LogP contribution in [0.15, 0.2) is 24.3 Å². The molecule has 0 spiro atoms. The second kappa shape index (κ2) is 31.1. The van der Waals surface area contributed by atoms with Gasteiger partial charge in [-0.15, -0.1) is 0 Å². The molecule has 0 saturated heterocycles. The van der Waals surface area contributed by atoms with Gasteiger partial charge in [0.25, 0.3) is 0 Å². The number of hydrogen-bond donors (Lipinski definition) is 0. The number of allylic oxidation sites excluding steroid dienone is 4. The van der Waals surface area contributed by atoms with Crippen molar-refractivity contribution in [1.82, 2.24) is 0 Å². The van der Waals surface area contributed by atoms with Crippen LogP contribution >= 0.6 is 0 Å². The lowest BCUT2D eigenvalue weighted by atomic mass is 10.1. The number of rotatable bonds is 33. The zero-order valence-corrected chi connectivity index (χ0v) is 30.9. The lowest BCUT2D eigenvalue weighted by Crippen LogP contribution is -2.55.